The highest BCUT2D eigenvalue weighted by Crippen LogP contribution is 2.39. The van der Waals surface area contributed by atoms with E-state index in [1.165, 1.54) is 25.5 Å². The maximum Gasteiger partial charge on any atom is 0.187 e. The number of carbonyl (C=O) groups is 1. The number of aromatic hydroxyl groups is 1. The molecule has 1 aromatic carbocycles. The van der Waals surface area contributed by atoms with Gasteiger partial charge in [0.15, 0.2) is 12.1 Å². The lowest BCUT2D eigenvalue weighted by Gasteiger charge is -2.45. The second-order valence-electron chi connectivity index (χ2n) is 8.34. The summed E-state index contributed by atoms with van der Waals surface area (Å²) in [6, 6.07) is 6.28. The Hall–Kier alpha value is -2.05. The van der Waals surface area contributed by atoms with Crippen LogP contribution in [0.2, 0.25) is 0 Å². The molecule has 0 bridgehead atoms. The smallest absolute Gasteiger partial charge is 0.187 e. The molecule has 1 aromatic rings. The average molecular weight is 452 g/mol. The number of hydrogen-bond acceptors (Lipinski definition) is 10. The molecule has 2 heterocycles. The third-order valence-corrected chi connectivity index (χ3v) is 6.42. The van der Waals surface area contributed by atoms with Crippen molar-refractivity contribution in [1.29, 1.82) is 0 Å². The van der Waals surface area contributed by atoms with Crippen LogP contribution in [0.4, 0.5) is 0 Å². The average Bonchev–Trinajstić information content (AvgIpc) is 2.80. The van der Waals surface area contributed by atoms with Gasteiger partial charge in [0.25, 0.3) is 0 Å². The van der Waals surface area contributed by atoms with Crippen molar-refractivity contribution in [3.8, 4) is 5.75 Å². The summed E-state index contributed by atoms with van der Waals surface area (Å²) in [5.74, 6) is -0.467. The number of fused-ring (bicyclic) bond motifs is 1. The number of phenolic OH excluding ortho intramolecular Hbond substituents is 1. The van der Waals surface area contributed by atoms with E-state index >= 15 is 0 Å². The molecule has 0 aromatic heterocycles. The van der Waals surface area contributed by atoms with Crippen LogP contribution in [0.15, 0.2) is 30.5 Å². The van der Waals surface area contributed by atoms with Crippen LogP contribution in [-0.4, -0.2) is 94.1 Å². The number of ketones is 1. The fourth-order valence-corrected chi connectivity index (χ4v) is 4.53. The molecule has 3 aliphatic rings. The molecule has 2 aliphatic heterocycles. The fourth-order valence-electron chi connectivity index (χ4n) is 4.53. The maximum atomic E-state index is 13.2. The minimum Gasteiger partial charge on any atom is -0.508 e. The Bertz CT molecular complexity index is 838. The first kappa shape index (κ1) is 23.1. The lowest BCUT2D eigenvalue weighted by atomic mass is 9.76. The first-order chi connectivity index (χ1) is 15.3. The molecule has 9 atom stereocenters. The monoisotopic (exact) mass is 452 g/mol. The molecular formula is C22H28O10. The predicted molar refractivity (Wildman–Crippen MR) is 108 cm³/mol. The zero-order valence-corrected chi connectivity index (χ0v) is 17.5. The molecular weight excluding hydrogens is 424 g/mol. The number of hydrogen-bond donors (Lipinski definition) is 5. The highest BCUT2D eigenvalue weighted by Gasteiger charge is 2.49. The minimum absolute atomic E-state index is 0.0970. The van der Waals surface area contributed by atoms with Gasteiger partial charge in [0.1, 0.15) is 36.3 Å². The van der Waals surface area contributed by atoms with Gasteiger partial charge in [0, 0.05) is 13.5 Å². The Labute approximate surface area is 184 Å². The molecule has 176 valence electrons. The van der Waals surface area contributed by atoms with E-state index in [4.69, 9.17) is 18.9 Å². The van der Waals surface area contributed by atoms with Gasteiger partial charge >= 0.3 is 0 Å². The van der Waals surface area contributed by atoms with Crippen molar-refractivity contribution in [2.75, 3.05) is 13.7 Å². The number of carbonyl (C=O) groups excluding carboxylic acids is 1. The molecule has 1 saturated heterocycles. The Kier molecular flexibility index (Phi) is 6.82. The molecule has 2 fully saturated rings. The third kappa shape index (κ3) is 4.27. The van der Waals surface area contributed by atoms with Gasteiger partial charge in [0.05, 0.1) is 36.6 Å². The quantitative estimate of drug-likeness (QED) is 0.388. The second kappa shape index (κ2) is 9.44. The molecule has 10 nitrogen and oxygen atoms in total. The van der Waals surface area contributed by atoms with Crippen LogP contribution < -0.4 is 0 Å². The number of aliphatic hydroxyl groups is 4. The van der Waals surface area contributed by atoms with Crippen molar-refractivity contribution in [1.82, 2.24) is 0 Å². The van der Waals surface area contributed by atoms with Crippen LogP contribution in [-0.2, 0) is 23.7 Å². The molecule has 4 unspecified atom stereocenters. The SMILES string of the molecule is COC1CC2C(=O)C(c3ccc(O)cc3)=COC2CC1O[C@@H]1O[C@H](CO)[C@@H](O)[C@H](O)[C@H]1O. The minimum atomic E-state index is -1.55. The van der Waals surface area contributed by atoms with E-state index < -0.39 is 61.5 Å². The number of ether oxygens (including phenoxy) is 4. The molecule has 1 aliphatic carbocycles. The van der Waals surface area contributed by atoms with Gasteiger partial charge in [-0.05, 0) is 24.1 Å². The van der Waals surface area contributed by atoms with Gasteiger partial charge in [-0.2, -0.15) is 0 Å². The number of aliphatic hydroxyl groups excluding tert-OH is 4. The lowest BCUT2D eigenvalue weighted by Crippen LogP contribution is -2.61. The zero-order chi connectivity index (χ0) is 23.0. The van der Waals surface area contributed by atoms with Crippen LogP contribution >= 0.6 is 0 Å². The largest absolute Gasteiger partial charge is 0.508 e. The topological polar surface area (TPSA) is 155 Å². The van der Waals surface area contributed by atoms with Gasteiger partial charge in [-0.1, -0.05) is 12.1 Å². The number of benzene rings is 1. The van der Waals surface area contributed by atoms with Crippen molar-refractivity contribution >= 4 is 11.4 Å². The van der Waals surface area contributed by atoms with Crippen LogP contribution in [0.3, 0.4) is 0 Å². The van der Waals surface area contributed by atoms with E-state index in [0.29, 0.717) is 17.6 Å². The van der Waals surface area contributed by atoms with E-state index in [1.807, 2.05) is 0 Å². The van der Waals surface area contributed by atoms with Gasteiger partial charge in [0.2, 0.25) is 0 Å². The Morgan fingerprint density at radius 2 is 1.75 bits per heavy atom. The highest BCUT2D eigenvalue weighted by molar-refractivity contribution is 6.22. The summed E-state index contributed by atoms with van der Waals surface area (Å²) in [5, 5.41) is 49.1. The van der Waals surface area contributed by atoms with E-state index in [2.05, 4.69) is 0 Å². The van der Waals surface area contributed by atoms with Crippen molar-refractivity contribution < 1.29 is 49.3 Å². The molecule has 0 amide bonds. The molecule has 1 saturated carbocycles. The van der Waals surface area contributed by atoms with Crippen LogP contribution in [0.25, 0.3) is 5.57 Å². The Morgan fingerprint density at radius 3 is 2.41 bits per heavy atom. The van der Waals surface area contributed by atoms with E-state index in [9.17, 15) is 30.3 Å². The third-order valence-electron chi connectivity index (χ3n) is 6.42. The summed E-state index contributed by atoms with van der Waals surface area (Å²) >= 11 is 0. The molecule has 0 spiro atoms. The molecule has 5 N–H and O–H groups in total. The number of methoxy groups -OCH3 is 1. The van der Waals surface area contributed by atoms with Crippen LogP contribution in [0, 0.1) is 5.92 Å². The Balaban J connectivity index is 1.49. The molecule has 32 heavy (non-hydrogen) atoms. The number of phenols is 1. The molecule has 0 radical (unpaired) electrons. The number of allylic oxidation sites excluding steroid dienone is 1. The van der Waals surface area contributed by atoms with Crippen molar-refractivity contribution in [2.24, 2.45) is 5.92 Å². The van der Waals surface area contributed by atoms with Crippen LogP contribution in [0.5, 0.6) is 5.75 Å². The van der Waals surface area contributed by atoms with Crippen molar-refractivity contribution in [3.05, 3.63) is 36.1 Å². The summed E-state index contributed by atoms with van der Waals surface area (Å²) in [5.41, 5.74) is 1.05. The predicted octanol–water partition coefficient (Wildman–Crippen LogP) is -0.689. The molecule has 4 rings (SSSR count). The normalized spacial score (nSPS) is 39.7. The first-order valence-corrected chi connectivity index (χ1v) is 10.5. The second-order valence-corrected chi connectivity index (χ2v) is 8.34. The van der Waals surface area contributed by atoms with Gasteiger partial charge < -0.3 is 44.5 Å². The van der Waals surface area contributed by atoms with Crippen molar-refractivity contribution in [2.45, 2.75) is 61.9 Å². The summed E-state index contributed by atoms with van der Waals surface area (Å²) in [7, 11) is 1.49. The van der Waals surface area contributed by atoms with Crippen LogP contribution in [0.1, 0.15) is 18.4 Å². The zero-order valence-electron chi connectivity index (χ0n) is 17.5. The van der Waals surface area contributed by atoms with Gasteiger partial charge in [-0.15, -0.1) is 0 Å². The summed E-state index contributed by atoms with van der Waals surface area (Å²) in [4.78, 5) is 13.2. The first-order valence-electron chi connectivity index (χ1n) is 10.5. The van der Waals surface area contributed by atoms with E-state index in [0.717, 1.165) is 0 Å². The number of Topliss-reactive ketones (excluding diaryl/α,β-unsaturated/α-hetero) is 1. The van der Waals surface area contributed by atoms with Crippen molar-refractivity contribution in [3.63, 3.8) is 0 Å². The summed E-state index contributed by atoms with van der Waals surface area (Å²) < 4.78 is 22.7. The molecule has 10 heteroatoms. The standard InChI is InChI=1S/C22H28O10/c1-29-15-6-12-14(30-9-13(18(12)25)10-2-4-11(24)5-3-10)7-16(15)31-22-21(28)20(27)19(26)17(8-23)32-22/h2-5,9,12,14-17,19-24,26-28H,6-8H2,1H3/t12?,14?,15?,16?,17-,19-,20+,21-,22-/m1/s1. The highest BCUT2D eigenvalue weighted by atomic mass is 16.7. The fraction of sp³-hybridized carbons (Fsp3) is 0.591. The van der Waals surface area contributed by atoms with Gasteiger partial charge in [-0.3, -0.25) is 4.79 Å². The lowest BCUT2D eigenvalue weighted by molar-refractivity contribution is -0.322. The Morgan fingerprint density at radius 1 is 1.03 bits per heavy atom. The van der Waals surface area contributed by atoms with Gasteiger partial charge in [-0.25, -0.2) is 0 Å². The summed E-state index contributed by atoms with van der Waals surface area (Å²) in [6.07, 6.45) is -6.59. The summed E-state index contributed by atoms with van der Waals surface area (Å²) in [6.45, 7) is -0.559. The number of rotatable bonds is 5. The van der Waals surface area contributed by atoms with E-state index in [1.54, 1.807) is 12.1 Å². The maximum absolute atomic E-state index is 13.2. The van der Waals surface area contributed by atoms with E-state index in [-0.39, 0.29) is 18.0 Å².